The Hall–Kier alpha value is -1.10. The average Bonchev–Trinajstić information content (AvgIpc) is 2.25. The Kier molecular flexibility index (Phi) is 4.73. The summed E-state index contributed by atoms with van der Waals surface area (Å²) in [5.41, 5.74) is -0.495. The highest BCUT2D eigenvalue weighted by molar-refractivity contribution is 5.84. The largest absolute Gasteiger partial charge is 0.459 e. The van der Waals surface area contributed by atoms with Gasteiger partial charge in [0.15, 0.2) is 0 Å². The zero-order valence-electron chi connectivity index (χ0n) is 11.9. The van der Waals surface area contributed by atoms with Crippen LogP contribution in [0.2, 0.25) is 0 Å². The molecule has 1 amide bonds. The van der Waals surface area contributed by atoms with Gasteiger partial charge in [0.25, 0.3) is 0 Å². The molecule has 1 heterocycles. The molecule has 5 nitrogen and oxygen atoms in total. The molecule has 1 aliphatic heterocycles. The second-order valence-electron chi connectivity index (χ2n) is 5.66. The van der Waals surface area contributed by atoms with E-state index in [4.69, 9.17) is 4.74 Å². The standard InChI is InChI=1S/C13H24N2O3/c1-6-10-11(16)14-7-8-15(10)9(2)12(17)18-13(3,4)5/h9-10H,6-8H2,1-5H3,(H,14,16). The number of hydrogen-bond acceptors (Lipinski definition) is 4. The molecule has 2 unspecified atom stereocenters. The maximum atomic E-state index is 12.0. The number of nitrogens with one attached hydrogen (secondary N) is 1. The third-order valence-corrected chi connectivity index (χ3v) is 3.00. The van der Waals surface area contributed by atoms with Gasteiger partial charge in [0.05, 0.1) is 6.04 Å². The van der Waals surface area contributed by atoms with E-state index >= 15 is 0 Å². The van der Waals surface area contributed by atoms with E-state index in [0.29, 0.717) is 19.5 Å². The number of piperazine rings is 1. The number of hydrogen-bond donors (Lipinski definition) is 1. The van der Waals surface area contributed by atoms with Crippen LogP contribution < -0.4 is 5.32 Å². The summed E-state index contributed by atoms with van der Waals surface area (Å²) >= 11 is 0. The highest BCUT2D eigenvalue weighted by Crippen LogP contribution is 2.16. The van der Waals surface area contributed by atoms with Gasteiger partial charge in [-0.1, -0.05) is 6.92 Å². The van der Waals surface area contributed by atoms with Gasteiger partial charge in [-0.15, -0.1) is 0 Å². The van der Waals surface area contributed by atoms with Gasteiger partial charge in [-0.3, -0.25) is 14.5 Å². The second kappa shape index (κ2) is 5.69. The molecule has 0 bridgehead atoms. The number of ether oxygens (including phenoxy) is 1. The molecule has 104 valence electrons. The topological polar surface area (TPSA) is 58.6 Å². The first-order chi connectivity index (χ1) is 8.26. The average molecular weight is 256 g/mol. The van der Waals surface area contributed by atoms with Crippen LogP contribution in [-0.2, 0) is 14.3 Å². The molecule has 1 rings (SSSR count). The maximum Gasteiger partial charge on any atom is 0.323 e. The fraction of sp³-hybridized carbons (Fsp3) is 0.846. The monoisotopic (exact) mass is 256 g/mol. The predicted molar refractivity (Wildman–Crippen MR) is 69.1 cm³/mol. The number of esters is 1. The zero-order valence-corrected chi connectivity index (χ0v) is 11.9. The third-order valence-electron chi connectivity index (χ3n) is 3.00. The Labute approximate surface area is 109 Å². The van der Waals surface area contributed by atoms with Crippen LogP contribution in [0, 0.1) is 0 Å². The molecule has 0 aromatic carbocycles. The minimum absolute atomic E-state index is 0.000779. The lowest BCUT2D eigenvalue weighted by molar-refractivity contribution is -0.162. The van der Waals surface area contributed by atoms with Crippen molar-refractivity contribution >= 4 is 11.9 Å². The van der Waals surface area contributed by atoms with Crippen molar-refractivity contribution in [2.45, 2.75) is 58.7 Å². The summed E-state index contributed by atoms with van der Waals surface area (Å²) in [4.78, 5) is 25.7. The summed E-state index contributed by atoms with van der Waals surface area (Å²) < 4.78 is 5.37. The first-order valence-electron chi connectivity index (χ1n) is 6.52. The molecule has 0 radical (unpaired) electrons. The summed E-state index contributed by atoms with van der Waals surface area (Å²) in [7, 11) is 0. The number of carbonyl (C=O) groups excluding carboxylic acids is 2. The van der Waals surface area contributed by atoms with Crippen LogP contribution in [0.15, 0.2) is 0 Å². The van der Waals surface area contributed by atoms with Crippen molar-refractivity contribution in [2.24, 2.45) is 0 Å². The summed E-state index contributed by atoms with van der Waals surface area (Å²) in [6, 6.07) is -0.624. The van der Waals surface area contributed by atoms with E-state index in [-0.39, 0.29) is 24.0 Å². The molecule has 5 heteroatoms. The summed E-state index contributed by atoms with van der Waals surface area (Å²) in [6.07, 6.45) is 0.693. The molecule has 0 saturated carbocycles. The van der Waals surface area contributed by atoms with Crippen LogP contribution in [-0.4, -0.2) is 47.6 Å². The predicted octanol–water partition coefficient (Wildman–Crippen LogP) is 0.927. The van der Waals surface area contributed by atoms with Gasteiger partial charge in [-0.25, -0.2) is 0 Å². The summed E-state index contributed by atoms with van der Waals surface area (Å²) in [5, 5.41) is 2.82. The van der Waals surface area contributed by atoms with E-state index in [2.05, 4.69) is 5.32 Å². The van der Waals surface area contributed by atoms with Crippen LogP contribution >= 0.6 is 0 Å². The van der Waals surface area contributed by atoms with Gasteiger partial charge >= 0.3 is 5.97 Å². The van der Waals surface area contributed by atoms with Gasteiger partial charge in [0.2, 0.25) is 5.91 Å². The Morgan fingerprint density at radius 2 is 2.17 bits per heavy atom. The third kappa shape index (κ3) is 3.70. The van der Waals surface area contributed by atoms with E-state index in [1.807, 2.05) is 32.6 Å². The van der Waals surface area contributed by atoms with Gasteiger partial charge in [-0.2, -0.15) is 0 Å². The van der Waals surface area contributed by atoms with Crippen LogP contribution in [0.4, 0.5) is 0 Å². The van der Waals surface area contributed by atoms with Gasteiger partial charge < -0.3 is 10.1 Å². The Morgan fingerprint density at radius 3 is 2.67 bits per heavy atom. The van der Waals surface area contributed by atoms with Crippen molar-refractivity contribution in [3.63, 3.8) is 0 Å². The Balaban J connectivity index is 2.72. The van der Waals surface area contributed by atoms with Gasteiger partial charge in [0, 0.05) is 13.1 Å². The van der Waals surface area contributed by atoms with Crippen LogP contribution in [0.1, 0.15) is 41.0 Å². The quantitative estimate of drug-likeness (QED) is 0.763. The zero-order chi connectivity index (χ0) is 13.9. The number of nitrogens with zero attached hydrogens (tertiary/aromatic N) is 1. The smallest absolute Gasteiger partial charge is 0.323 e. The first-order valence-corrected chi connectivity index (χ1v) is 6.52. The fourth-order valence-electron chi connectivity index (χ4n) is 2.14. The van der Waals surface area contributed by atoms with E-state index < -0.39 is 5.60 Å². The van der Waals surface area contributed by atoms with Gasteiger partial charge in [0.1, 0.15) is 11.6 Å². The molecule has 1 saturated heterocycles. The van der Waals surface area contributed by atoms with Crippen molar-refractivity contribution < 1.29 is 14.3 Å². The van der Waals surface area contributed by atoms with E-state index in [1.54, 1.807) is 6.92 Å². The minimum atomic E-state index is -0.495. The Morgan fingerprint density at radius 1 is 1.56 bits per heavy atom. The lowest BCUT2D eigenvalue weighted by Gasteiger charge is -2.38. The number of amides is 1. The molecular formula is C13H24N2O3. The van der Waals surface area contributed by atoms with E-state index in [1.165, 1.54) is 0 Å². The van der Waals surface area contributed by atoms with Crippen molar-refractivity contribution in [3.8, 4) is 0 Å². The van der Waals surface area contributed by atoms with Crippen LogP contribution in [0.3, 0.4) is 0 Å². The lowest BCUT2D eigenvalue weighted by atomic mass is 10.1. The molecule has 2 atom stereocenters. The highest BCUT2D eigenvalue weighted by Gasteiger charge is 2.35. The minimum Gasteiger partial charge on any atom is -0.459 e. The molecule has 1 aliphatic rings. The first kappa shape index (κ1) is 15.0. The highest BCUT2D eigenvalue weighted by atomic mass is 16.6. The molecular weight excluding hydrogens is 232 g/mol. The normalized spacial score (nSPS) is 23.4. The molecule has 0 aromatic heterocycles. The van der Waals surface area contributed by atoms with E-state index in [9.17, 15) is 9.59 Å². The lowest BCUT2D eigenvalue weighted by Crippen LogP contribution is -2.59. The van der Waals surface area contributed by atoms with Crippen molar-refractivity contribution in [3.05, 3.63) is 0 Å². The number of carbonyl (C=O) groups is 2. The van der Waals surface area contributed by atoms with Crippen molar-refractivity contribution in [1.82, 2.24) is 10.2 Å². The molecule has 18 heavy (non-hydrogen) atoms. The van der Waals surface area contributed by atoms with Crippen LogP contribution in [0.25, 0.3) is 0 Å². The molecule has 1 N–H and O–H groups in total. The van der Waals surface area contributed by atoms with Crippen molar-refractivity contribution in [2.75, 3.05) is 13.1 Å². The second-order valence-corrected chi connectivity index (χ2v) is 5.66. The molecule has 0 spiro atoms. The molecule has 1 fully saturated rings. The molecule has 0 aliphatic carbocycles. The molecule has 0 aromatic rings. The summed E-state index contributed by atoms with van der Waals surface area (Å²) in [5.74, 6) is -0.269. The summed E-state index contributed by atoms with van der Waals surface area (Å²) in [6.45, 7) is 10.6. The van der Waals surface area contributed by atoms with Gasteiger partial charge in [-0.05, 0) is 34.1 Å². The van der Waals surface area contributed by atoms with E-state index in [0.717, 1.165) is 0 Å². The SMILES string of the molecule is CCC1C(=O)NCCN1C(C)C(=O)OC(C)(C)C. The number of rotatable bonds is 3. The van der Waals surface area contributed by atoms with Crippen molar-refractivity contribution in [1.29, 1.82) is 0 Å². The van der Waals surface area contributed by atoms with Crippen LogP contribution in [0.5, 0.6) is 0 Å². The Bertz CT molecular complexity index is 323. The maximum absolute atomic E-state index is 12.0. The fourth-order valence-corrected chi connectivity index (χ4v) is 2.14.